The van der Waals surface area contributed by atoms with Crippen LogP contribution in [0, 0.1) is 11.8 Å². The highest BCUT2D eigenvalue weighted by Crippen LogP contribution is 2.45. The highest BCUT2D eigenvalue weighted by molar-refractivity contribution is 5.86. The average Bonchev–Trinajstić information content (AvgIpc) is 3.05. The van der Waals surface area contributed by atoms with E-state index in [4.69, 9.17) is 4.74 Å². The summed E-state index contributed by atoms with van der Waals surface area (Å²) in [4.78, 5) is 18.2. The number of phenols is 1. The third kappa shape index (κ3) is 2.93. The molecule has 0 saturated carbocycles. The largest absolute Gasteiger partial charge is 0.508 e. The van der Waals surface area contributed by atoms with Gasteiger partial charge in [-0.15, -0.1) is 0 Å². The lowest BCUT2D eigenvalue weighted by atomic mass is 9.75. The molecule has 0 radical (unpaired) electrons. The Bertz CT molecular complexity index is 901. The molecule has 1 fully saturated rings. The molecule has 1 aromatic carbocycles. The van der Waals surface area contributed by atoms with Crippen molar-refractivity contribution in [3.05, 3.63) is 41.1 Å². The third-order valence-corrected chi connectivity index (χ3v) is 6.24. The molecule has 0 aliphatic carbocycles. The minimum absolute atomic E-state index is 0.0422. The topological polar surface area (TPSA) is 85.8 Å². The molecule has 0 unspecified atom stereocenters. The normalized spacial score (nSPS) is 25.2. The molecular formula is C21H26N2O4. The van der Waals surface area contributed by atoms with Crippen LogP contribution in [0.15, 0.2) is 29.8 Å². The number of benzene rings is 1. The number of carbonyl (C=O) groups is 1. The number of ether oxygens (including phenoxy) is 1. The van der Waals surface area contributed by atoms with E-state index >= 15 is 0 Å². The molecule has 2 aliphatic heterocycles. The number of phenolic OH excluding ortho intramolecular Hbond substituents is 1. The van der Waals surface area contributed by atoms with E-state index in [2.05, 4.69) is 16.0 Å². The molecular weight excluding hydrogens is 344 g/mol. The molecule has 2 aromatic rings. The van der Waals surface area contributed by atoms with Crippen LogP contribution >= 0.6 is 0 Å². The lowest BCUT2D eigenvalue weighted by molar-refractivity contribution is -0.149. The summed E-state index contributed by atoms with van der Waals surface area (Å²) in [7, 11) is 1.37. The van der Waals surface area contributed by atoms with Crippen molar-refractivity contribution >= 4 is 16.9 Å². The van der Waals surface area contributed by atoms with Crippen molar-refractivity contribution < 1.29 is 19.7 Å². The van der Waals surface area contributed by atoms with Crippen molar-refractivity contribution in [1.82, 2.24) is 9.88 Å². The minimum atomic E-state index is -0.540. The molecule has 3 atom stereocenters. The van der Waals surface area contributed by atoms with E-state index in [0.29, 0.717) is 0 Å². The van der Waals surface area contributed by atoms with E-state index in [1.54, 1.807) is 12.1 Å². The van der Waals surface area contributed by atoms with Crippen molar-refractivity contribution in [3.63, 3.8) is 0 Å². The minimum Gasteiger partial charge on any atom is -0.508 e. The van der Waals surface area contributed by atoms with Crippen LogP contribution in [-0.2, 0) is 16.0 Å². The molecule has 6 heteroatoms. The standard InChI is InChI=1S/C21H26N2O4/c1-3-12-10-23-7-6-15-14-5-4-13(25)8-18(14)22-20(15)19(23)9-16(12)17(11-24)21(26)27-2/h3-5,8,16-17,19,22,24-25H,6-7,9-11H2,1-2H3/b12-3-/t16-,17-,19-/m0/s1. The first-order chi connectivity index (χ1) is 13.1. The summed E-state index contributed by atoms with van der Waals surface area (Å²) in [6.45, 7) is 3.53. The fraction of sp³-hybridized carbons (Fsp3) is 0.476. The first-order valence-corrected chi connectivity index (χ1v) is 9.48. The molecule has 2 aliphatic rings. The van der Waals surface area contributed by atoms with E-state index in [-0.39, 0.29) is 30.3 Å². The molecule has 3 heterocycles. The molecule has 144 valence electrons. The van der Waals surface area contributed by atoms with Gasteiger partial charge >= 0.3 is 5.97 Å². The molecule has 0 spiro atoms. The number of hydrogen-bond donors (Lipinski definition) is 3. The number of rotatable bonds is 3. The Hall–Kier alpha value is -2.31. The van der Waals surface area contributed by atoms with Crippen LogP contribution in [0.25, 0.3) is 10.9 Å². The molecule has 6 nitrogen and oxygen atoms in total. The van der Waals surface area contributed by atoms with Gasteiger partial charge in [0.05, 0.1) is 25.7 Å². The van der Waals surface area contributed by atoms with E-state index in [9.17, 15) is 15.0 Å². The van der Waals surface area contributed by atoms with Crippen molar-refractivity contribution in [2.24, 2.45) is 11.8 Å². The number of aliphatic hydroxyl groups is 1. The Morgan fingerprint density at radius 3 is 3.00 bits per heavy atom. The van der Waals surface area contributed by atoms with E-state index in [1.165, 1.54) is 23.9 Å². The predicted octanol–water partition coefficient (Wildman–Crippen LogP) is 2.52. The van der Waals surface area contributed by atoms with Crippen LogP contribution in [0.3, 0.4) is 0 Å². The van der Waals surface area contributed by atoms with Gasteiger partial charge in [-0.05, 0) is 43.4 Å². The number of esters is 1. The highest BCUT2D eigenvalue weighted by Gasteiger charge is 2.42. The fourth-order valence-corrected chi connectivity index (χ4v) is 4.86. The zero-order valence-corrected chi connectivity index (χ0v) is 15.7. The Morgan fingerprint density at radius 2 is 2.30 bits per heavy atom. The summed E-state index contributed by atoms with van der Waals surface area (Å²) in [5.41, 5.74) is 4.60. The number of carbonyl (C=O) groups excluding carboxylic acids is 1. The number of allylic oxidation sites excluding steroid dienone is 1. The van der Waals surface area contributed by atoms with Crippen molar-refractivity contribution in [1.29, 1.82) is 0 Å². The zero-order chi connectivity index (χ0) is 19.1. The quantitative estimate of drug-likeness (QED) is 0.571. The highest BCUT2D eigenvalue weighted by atomic mass is 16.5. The number of aromatic hydroxyl groups is 1. The maximum absolute atomic E-state index is 12.2. The van der Waals surface area contributed by atoms with Crippen molar-refractivity contribution in [3.8, 4) is 5.75 Å². The molecule has 1 aromatic heterocycles. The van der Waals surface area contributed by atoms with E-state index < -0.39 is 5.92 Å². The zero-order valence-electron chi connectivity index (χ0n) is 15.7. The summed E-state index contributed by atoms with van der Waals surface area (Å²) in [6, 6.07) is 5.62. The Morgan fingerprint density at radius 1 is 1.48 bits per heavy atom. The lowest BCUT2D eigenvalue weighted by Crippen LogP contribution is -2.45. The number of aromatic amines is 1. The Kier molecular flexibility index (Phi) is 4.70. The van der Waals surface area contributed by atoms with Crippen molar-refractivity contribution in [2.75, 3.05) is 26.8 Å². The summed E-state index contributed by atoms with van der Waals surface area (Å²) < 4.78 is 4.94. The smallest absolute Gasteiger partial charge is 0.311 e. The summed E-state index contributed by atoms with van der Waals surface area (Å²) >= 11 is 0. The molecule has 0 bridgehead atoms. The van der Waals surface area contributed by atoms with Gasteiger partial charge in [-0.2, -0.15) is 0 Å². The second-order valence-electron chi connectivity index (χ2n) is 7.50. The predicted molar refractivity (Wildman–Crippen MR) is 102 cm³/mol. The number of fused-ring (bicyclic) bond motifs is 5. The van der Waals surface area contributed by atoms with Crippen LogP contribution in [0.2, 0.25) is 0 Å². The monoisotopic (exact) mass is 370 g/mol. The first kappa shape index (κ1) is 18.1. The number of methoxy groups -OCH3 is 1. The fourth-order valence-electron chi connectivity index (χ4n) is 4.86. The van der Waals surface area contributed by atoms with Gasteiger partial charge in [-0.3, -0.25) is 9.69 Å². The van der Waals surface area contributed by atoms with E-state index in [1.807, 2.05) is 13.0 Å². The number of aliphatic hydroxyl groups excluding tert-OH is 1. The van der Waals surface area contributed by atoms with Crippen LogP contribution in [-0.4, -0.2) is 52.9 Å². The molecule has 3 N–H and O–H groups in total. The number of nitrogens with zero attached hydrogens (tertiary/aromatic N) is 1. The van der Waals surface area contributed by atoms with Crippen LogP contribution in [0.1, 0.15) is 30.6 Å². The lowest BCUT2D eigenvalue weighted by Gasteiger charge is -2.45. The third-order valence-electron chi connectivity index (χ3n) is 6.24. The maximum Gasteiger partial charge on any atom is 0.311 e. The van der Waals surface area contributed by atoms with Gasteiger partial charge in [-0.1, -0.05) is 11.6 Å². The molecule has 1 saturated heterocycles. The van der Waals surface area contributed by atoms with Crippen LogP contribution in [0.5, 0.6) is 5.75 Å². The first-order valence-electron chi connectivity index (χ1n) is 9.48. The van der Waals surface area contributed by atoms with Gasteiger partial charge < -0.3 is 19.9 Å². The second-order valence-corrected chi connectivity index (χ2v) is 7.50. The number of aromatic nitrogens is 1. The van der Waals surface area contributed by atoms with Gasteiger partial charge in [0.15, 0.2) is 0 Å². The maximum atomic E-state index is 12.2. The van der Waals surface area contributed by atoms with Crippen molar-refractivity contribution in [2.45, 2.75) is 25.8 Å². The number of hydrogen-bond acceptors (Lipinski definition) is 5. The van der Waals surface area contributed by atoms with Gasteiger partial charge in [0, 0.05) is 35.8 Å². The molecule has 0 amide bonds. The summed E-state index contributed by atoms with van der Waals surface area (Å²) in [6.07, 6.45) is 3.79. The van der Waals surface area contributed by atoms with Crippen LogP contribution < -0.4 is 0 Å². The SMILES string of the molecule is C/C=C1/CN2CCc3c([nH]c4cc(O)ccc34)[C@@H]2C[C@@H]1[C@H](CO)C(=O)OC. The Balaban J connectivity index is 1.74. The number of H-pyrrole nitrogens is 1. The van der Waals surface area contributed by atoms with E-state index in [0.717, 1.165) is 36.8 Å². The average molecular weight is 370 g/mol. The van der Waals surface area contributed by atoms with Gasteiger partial charge in [0.2, 0.25) is 0 Å². The second kappa shape index (κ2) is 7.02. The molecule has 27 heavy (non-hydrogen) atoms. The van der Waals surface area contributed by atoms with Crippen LogP contribution in [0.4, 0.5) is 0 Å². The molecule has 4 rings (SSSR count). The van der Waals surface area contributed by atoms with Gasteiger partial charge in [0.25, 0.3) is 0 Å². The number of nitrogens with one attached hydrogen (secondary N) is 1. The Labute approximate surface area is 158 Å². The summed E-state index contributed by atoms with van der Waals surface area (Å²) in [5.74, 6) is -0.684. The van der Waals surface area contributed by atoms with Gasteiger partial charge in [-0.25, -0.2) is 0 Å². The summed E-state index contributed by atoms with van der Waals surface area (Å²) in [5, 5.41) is 20.8. The van der Waals surface area contributed by atoms with Gasteiger partial charge in [0.1, 0.15) is 5.75 Å². The number of piperidine rings is 1.